The van der Waals surface area contributed by atoms with E-state index in [2.05, 4.69) is 18.6 Å². The van der Waals surface area contributed by atoms with E-state index in [0.29, 0.717) is 6.42 Å². The minimum absolute atomic E-state index is 0.522. The number of unbranched alkanes of at least 4 members (excludes halogenated alkanes) is 2. The zero-order chi connectivity index (χ0) is 8.41. The molecule has 10 heavy (non-hydrogen) atoms. The molecule has 0 spiro atoms. The summed E-state index contributed by atoms with van der Waals surface area (Å²) in [6.45, 7) is 2.09. The first-order chi connectivity index (χ1) is 4.77. The maximum atomic E-state index is 8.33. The van der Waals surface area contributed by atoms with Gasteiger partial charge >= 0.3 is 0 Å². The van der Waals surface area contributed by atoms with Crippen molar-refractivity contribution in [1.82, 2.24) is 0 Å². The summed E-state index contributed by atoms with van der Waals surface area (Å²) >= 11 is 0. The molecule has 0 aromatic rings. The Morgan fingerprint density at radius 1 is 1.20 bits per heavy atom. The average Bonchev–Trinajstić information content (AvgIpc) is 1.92. The second-order valence-electron chi connectivity index (χ2n) is 1.98. The van der Waals surface area contributed by atoms with E-state index in [1.807, 2.05) is 0 Å². The van der Waals surface area contributed by atoms with Gasteiger partial charge in [0, 0.05) is 0 Å². The van der Waals surface area contributed by atoms with E-state index in [-0.39, 0.29) is 0 Å². The van der Waals surface area contributed by atoms with Crippen molar-refractivity contribution in [3.63, 3.8) is 0 Å². The highest BCUT2D eigenvalue weighted by molar-refractivity contribution is 4.40. The first kappa shape index (κ1) is 12.5. The Morgan fingerprint density at radius 2 is 1.70 bits per heavy atom. The Morgan fingerprint density at radius 3 is 2.00 bits per heavy atom. The lowest BCUT2D eigenvalue weighted by atomic mass is 10.2. The lowest BCUT2D eigenvalue weighted by Gasteiger charge is -1.99. The predicted molar refractivity (Wildman–Crippen MR) is 40.7 cm³/mol. The number of aliphatic hydroxyl groups excluding tert-OH is 1. The molecule has 0 aliphatic carbocycles. The van der Waals surface area contributed by atoms with Gasteiger partial charge in [0.2, 0.25) is 0 Å². The number of rotatable bonds is 4. The standard InChI is InChI=1S/C6H14O2.H4N2/c1-2-3-4-5-6(7)8;1-2/h6-8H,2-5H2,1H3;1-2H2. The van der Waals surface area contributed by atoms with E-state index in [4.69, 9.17) is 10.2 Å². The Balaban J connectivity index is 0. The van der Waals surface area contributed by atoms with E-state index in [9.17, 15) is 0 Å². The van der Waals surface area contributed by atoms with Gasteiger partial charge in [0.1, 0.15) is 0 Å². The molecule has 0 aromatic heterocycles. The van der Waals surface area contributed by atoms with Crippen LogP contribution >= 0.6 is 0 Å². The highest BCUT2D eigenvalue weighted by Gasteiger charge is 1.93. The smallest absolute Gasteiger partial charge is 0.151 e. The fourth-order valence-corrected chi connectivity index (χ4v) is 0.577. The van der Waals surface area contributed by atoms with Gasteiger partial charge in [0.25, 0.3) is 0 Å². The second-order valence-corrected chi connectivity index (χ2v) is 1.98. The Labute approximate surface area is 61.8 Å². The van der Waals surface area contributed by atoms with Crippen LogP contribution in [-0.2, 0) is 0 Å². The molecule has 64 valence electrons. The first-order valence-electron chi connectivity index (χ1n) is 3.47. The average molecular weight is 150 g/mol. The zero-order valence-electron chi connectivity index (χ0n) is 6.45. The highest BCUT2D eigenvalue weighted by atomic mass is 16.5. The zero-order valence-corrected chi connectivity index (χ0v) is 6.45. The number of hydrogen-bond donors (Lipinski definition) is 4. The van der Waals surface area contributed by atoms with Crippen LogP contribution in [0.5, 0.6) is 0 Å². The van der Waals surface area contributed by atoms with Gasteiger partial charge in [-0.1, -0.05) is 19.8 Å². The van der Waals surface area contributed by atoms with Gasteiger partial charge in [-0.2, -0.15) is 0 Å². The maximum absolute atomic E-state index is 8.33. The summed E-state index contributed by atoms with van der Waals surface area (Å²) in [5.41, 5.74) is 0. The molecule has 4 heteroatoms. The van der Waals surface area contributed by atoms with Gasteiger partial charge in [0.05, 0.1) is 0 Å². The molecule has 0 aliphatic heterocycles. The van der Waals surface area contributed by atoms with Crippen molar-refractivity contribution in [3.05, 3.63) is 0 Å². The van der Waals surface area contributed by atoms with Crippen molar-refractivity contribution in [3.8, 4) is 0 Å². The van der Waals surface area contributed by atoms with Crippen LogP contribution in [-0.4, -0.2) is 16.5 Å². The third-order valence-electron chi connectivity index (χ3n) is 1.07. The molecule has 0 saturated carbocycles. The summed E-state index contributed by atoms with van der Waals surface area (Å²) in [6.07, 6.45) is 2.58. The van der Waals surface area contributed by atoms with Crippen molar-refractivity contribution in [2.24, 2.45) is 11.7 Å². The molecule has 6 N–H and O–H groups in total. The summed E-state index contributed by atoms with van der Waals surface area (Å²) in [7, 11) is 0. The van der Waals surface area contributed by atoms with Crippen LogP contribution in [0.25, 0.3) is 0 Å². The van der Waals surface area contributed by atoms with Gasteiger partial charge < -0.3 is 10.2 Å². The first-order valence-corrected chi connectivity index (χ1v) is 3.47. The van der Waals surface area contributed by atoms with E-state index in [0.717, 1.165) is 19.3 Å². The molecule has 0 bridgehead atoms. The number of aliphatic hydroxyl groups is 2. The fraction of sp³-hybridized carbons (Fsp3) is 1.00. The van der Waals surface area contributed by atoms with Gasteiger partial charge in [-0.25, -0.2) is 0 Å². The molecular formula is C6H18N2O2. The third-order valence-corrected chi connectivity index (χ3v) is 1.07. The largest absolute Gasteiger partial charge is 0.368 e. The van der Waals surface area contributed by atoms with E-state index in [1.54, 1.807) is 0 Å². The van der Waals surface area contributed by atoms with Crippen molar-refractivity contribution in [2.45, 2.75) is 38.9 Å². The van der Waals surface area contributed by atoms with E-state index >= 15 is 0 Å². The Kier molecular flexibility index (Phi) is 14.5. The second kappa shape index (κ2) is 11.6. The molecule has 4 nitrogen and oxygen atoms in total. The molecule has 0 saturated heterocycles. The Bertz CT molecular complexity index is 51.0. The van der Waals surface area contributed by atoms with Gasteiger partial charge in [-0.15, -0.1) is 0 Å². The van der Waals surface area contributed by atoms with Crippen LogP contribution in [0.2, 0.25) is 0 Å². The molecule has 0 heterocycles. The van der Waals surface area contributed by atoms with Crippen LogP contribution in [0.1, 0.15) is 32.6 Å². The Hall–Kier alpha value is -0.160. The van der Waals surface area contributed by atoms with Crippen LogP contribution in [0.15, 0.2) is 0 Å². The minimum atomic E-state index is -1.10. The normalized spacial score (nSPS) is 9.00. The lowest BCUT2D eigenvalue weighted by Crippen LogP contribution is -2.02. The van der Waals surface area contributed by atoms with Crippen molar-refractivity contribution >= 4 is 0 Å². The quantitative estimate of drug-likeness (QED) is 0.191. The predicted octanol–water partition coefficient (Wildman–Crippen LogP) is -0.304. The summed E-state index contributed by atoms with van der Waals surface area (Å²) < 4.78 is 0. The van der Waals surface area contributed by atoms with E-state index < -0.39 is 6.29 Å². The summed E-state index contributed by atoms with van der Waals surface area (Å²) in [5.74, 6) is 8.00. The molecule has 0 rings (SSSR count). The molecule has 0 unspecified atom stereocenters. The lowest BCUT2D eigenvalue weighted by molar-refractivity contribution is -0.0465. The fourth-order valence-electron chi connectivity index (χ4n) is 0.577. The van der Waals surface area contributed by atoms with Crippen molar-refractivity contribution < 1.29 is 10.2 Å². The molecular weight excluding hydrogens is 132 g/mol. The number of hydrogen-bond acceptors (Lipinski definition) is 4. The third kappa shape index (κ3) is 15.7. The molecule has 0 radical (unpaired) electrons. The van der Waals surface area contributed by atoms with Crippen molar-refractivity contribution in [2.75, 3.05) is 0 Å². The number of nitrogens with two attached hydrogens (primary N) is 2. The minimum Gasteiger partial charge on any atom is -0.368 e. The SMILES string of the molecule is CCCCCC(O)O.NN. The molecule has 0 aliphatic rings. The number of hydrazine groups is 1. The van der Waals surface area contributed by atoms with Gasteiger partial charge in [0.15, 0.2) is 6.29 Å². The van der Waals surface area contributed by atoms with E-state index in [1.165, 1.54) is 0 Å². The summed E-state index contributed by atoms with van der Waals surface area (Å²) in [4.78, 5) is 0. The topological polar surface area (TPSA) is 92.5 Å². The molecule has 0 amide bonds. The van der Waals surface area contributed by atoms with Gasteiger partial charge in [-0.3, -0.25) is 11.7 Å². The highest BCUT2D eigenvalue weighted by Crippen LogP contribution is 1.99. The van der Waals surface area contributed by atoms with Crippen molar-refractivity contribution in [1.29, 1.82) is 0 Å². The summed E-state index contributed by atoms with van der Waals surface area (Å²) in [5, 5.41) is 16.7. The summed E-state index contributed by atoms with van der Waals surface area (Å²) in [6, 6.07) is 0. The van der Waals surface area contributed by atoms with Gasteiger partial charge in [-0.05, 0) is 12.8 Å². The molecule has 0 aromatic carbocycles. The van der Waals surface area contributed by atoms with Crippen LogP contribution < -0.4 is 11.7 Å². The maximum Gasteiger partial charge on any atom is 0.151 e. The van der Waals surface area contributed by atoms with Crippen LogP contribution in [0.3, 0.4) is 0 Å². The van der Waals surface area contributed by atoms with Crippen LogP contribution in [0.4, 0.5) is 0 Å². The monoisotopic (exact) mass is 150 g/mol. The molecule has 0 atom stereocenters. The van der Waals surface area contributed by atoms with Crippen LogP contribution in [0, 0.1) is 0 Å². The molecule has 0 fully saturated rings.